The van der Waals surface area contributed by atoms with Crippen molar-refractivity contribution in [3.05, 3.63) is 69.1 Å². The minimum absolute atomic E-state index is 0.101. The van der Waals surface area contributed by atoms with Crippen LogP contribution in [0.15, 0.2) is 47.8 Å². The van der Waals surface area contributed by atoms with Crippen LogP contribution in [0.25, 0.3) is 11.4 Å². The van der Waals surface area contributed by atoms with E-state index in [-0.39, 0.29) is 5.78 Å². The summed E-state index contributed by atoms with van der Waals surface area (Å²) >= 11 is 7.15. The first-order chi connectivity index (χ1) is 10.1. The fraction of sp³-hybridized carbons (Fsp3) is 0.0625. The van der Waals surface area contributed by atoms with Crippen molar-refractivity contribution in [3.63, 3.8) is 0 Å². The zero-order valence-electron chi connectivity index (χ0n) is 11.2. The minimum Gasteiger partial charge on any atom is -0.286 e. The molecule has 0 saturated carbocycles. The summed E-state index contributed by atoms with van der Waals surface area (Å²) in [6, 6.07) is 12.6. The molecule has 3 rings (SSSR count). The Balaban J connectivity index is 1.91. The number of aryl methyl sites for hydroxylation is 1. The van der Waals surface area contributed by atoms with Gasteiger partial charge in [-0.1, -0.05) is 17.7 Å². The Hall–Kier alpha value is -2.04. The van der Waals surface area contributed by atoms with E-state index in [2.05, 4.69) is 9.97 Å². The van der Waals surface area contributed by atoms with E-state index in [1.54, 1.807) is 24.3 Å². The molecule has 1 aromatic carbocycles. The summed E-state index contributed by atoms with van der Waals surface area (Å²) < 4.78 is 0. The van der Waals surface area contributed by atoms with E-state index < -0.39 is 0 Å². The van der Waals surface area contributed by atoms with Crippen LogP contribution in [0.2, 0.25) is 5.02 Å². The molecule has 2 aromatic heterocycles. The molecule has 0 bridgehead atoms. The number of ketones is 1. The Morgan fingerprint density at radius 3 is 2.52 bits per heavy atom. The third-order valence-electron chi connectivity index (χ3n) is 2.96. The van der Waals surface area contributed by atoms with Gasteiger partial charge in [-0.2, -0.15) is 0 Å². The smallest absolute Gasteiger partial charge is 0.221 e. The maximum atomic E-state index is 12.4. The summed E-state index contributed by atoms with van der Waals surface area (Å²) in [4.78, 5) is 21.2. The number of carbonyl (C=O) groups is 1. The number of pyridine rings is 1. The second-order valence-corrected chi connectivity index (χ2v) is 5.83. The molecule has 0 unspecified atom stereocenters. The Kier molecular flexibility index (Phi) is 3.82. The first kappa shape index (κ1) is 13.9. The van der Waals surface area contributed by atoms with Crippen LogP contribution in [0.5, 0.6) is 0 Å². The number of hydrogen-bond donors (Lipinski definition) is 0. The third kappa shape index (κ3) is 3.01. The van der Waals surface area contributed by atoms with Crippen molar-refractivity contribution in [1.82, 2.24) is 9.97 Å². The summed E-state index contributed by atoms with van der Waals surface area (Å²) in [5.41, 5.74) is 3.01. The summed E-state index contributed by atoms with van der Waals surface area (Å²) in [6.45, 7) is 1.93. The molecule has 5 heteroatoms. The highest BCUT2D eigenvalue weighted by molar-refractivity contribution is 7.12. The number of benzene rings is 1. The molecular formula is C16H11ClN2OS. The van der Waals surface area contributed by atoms with E-state index in [0.717, 1.165) is 17.1 Å². The van der Waals surface area contributed by atoms with E-state index in [9.17, 15) is 4.79 Å². The standard InChI is InChI=1S/C16H11ClN2OS/c1-10-3-2-4-13(18-10)14-9-21-16(19-14)15(20)11-5-7-12(17)8-6-11/h2-9H,1H3. The van der Waals surface area contributed by atoms with Crippen molar-refractivity contribution in [2.75, 3.05) is 0 Å². The van der Waals surface area contributed by atoms with Gasteiger partial charge in [-0.05, 0) is 43.3 Å². The fourth-order valence-corrected chi connectivity index (χ4v) is 2.80. The molecule has 0 aliphatic carbocycles. The van der Waals surface area contributed by atoms with Gasteiger partial charge in [0.05, 0.1) is 5.69 Å². The van der Waals surface area contributed by atoms with Gasteiger partial charge in [0.25, 0.3) is 0 Å². The number of aromatic nitrogens is 2. The van der Waals surface area contributed by atoms with Gasteiger partial charge < -0.3 is 0 Å². The number of carbonyl (C=O) groups excluding carboxylic acids is 1. The highest BCUT2D eigenvalue weighted by Crippen LogP contribution is 2.22. The molecule has 0 saturated heterocycles. The van der Waals surface area contributed by atoms with Gasteiger partial charge in [0.15, 0.2) is 5.01 Å². The molecule has 2 heterocycles. The zero-order valence-corrected chi connectivity index (χ0v) is 12.8. The van der Waals surface area contributed by atoms with Crippen molar-refractivity contribution in [3.8, 4) is 11.4 Å². The van der Waals surface area contributed by atoms with Crippen LogP contribution in [-0.2, 0) is 0 Å². The summed E-state index contributed by atoms with van der Waals surface area (Å²) in [7, 11) is 0. The Morgan fingerprint density at radius 1 is 1.05 bits per heavy atom. The molecule has 3 aromatic rings. The topological polar surface area (TPSA) is 42.9 Å². The second kappa shape index (κ2) is 5.76. The molecule has 21 heavy (non-hydrogen) atoms. The highest BCUT2D eigenvalue weighted by Gasteiger charge is 2.14. The SMILES string of the molecule is Cc1cccc(-c2csc(C(=O)c3ccc(Cl)cc3)n2)n1. The highest BCUT2D eigenvalue weighted by atomic mass is 35.5. The van der Waals surface area contributed by atoms with E-state index in [4.69, 9.17) is 11.6 Å². The summed E-state index contributed by atoms with van der Waals surface area (Å²) in [5, 5.41) is 2.91. The largest absolute Gasteiger partial charge is 0.286 e. The maximum Gasteiger partial charge on any atom is 0.221 e. The van der Waals surface area contributed by atoms with Gasteiger partial charge >= 0.3 is 0 Å². The van der Waals surface area contributed by atoms with Crippen molar-refractivity contribution < 1.29 is 4.79 Å². The number of thiazole rings is 1. The lowest BCUT2D eigenvalue weighted by atomic mass is 10.1. The van der Waals surface area contributed by atoms with Crippen LogP contribution in [0.4, 0.5) is 0 Å². The Bertz CT molecular complexity index is 796. The van der Waals surface area contributed by atoms with Gasteiger partial charge in [-0.3, -0.25) is 9.78 Å². The van der Waals surface area contributed by atoms with Gasteiger partial charge in [0.1, 0.15) is 5.69 Å². The Morgan fingerprint density at radius 2 is 1.81 bits per heavy atom. The quantitative estimate of drug-likeness (QED) is 0.673. The minimum atomic E-state index is -0.101. The molecule has 0 aliphatic heterocycles. The maximum absolute atomic E-state index is 12.4. The molecule has 0 N–H and O–H groups in total. The normalized spacial score (nSPS) is 10.6. The van der Waals surface area contributed by atoms with Crippen molar-refractivity contribution in [2.24, 2.45) is 0 Å². The predicted octanol–water partition coefficient (Wildman–Crippen LogP) is 4.40. The predicted molar refractivity (Wildman–Crippen MR) is 85.0 cm³/mol. The second-order valence-electron chi connectivity index (χ2n) is 4.54. The first-order valence-electron chi connectivity index (χ1n) is 6.33. The van der Waals surface area contributed by atoms with E-state index in [0.29, 0.717) is 15.6 Å². The first-order valence-corrected chi connectivity index (χ1v) is 7.59. The van der Waals surface area contributed by atoms with Crippen molar-refractivity contribution >= 4 is 28.7 Å². The number of nitrogens with zero attached hydrogens (tertiary/aromatic N) is 2. The van der Waals surface area contributed by atoms with Crippen LogP contribution in [0.1, 0.15) is 21.1 Å². The Labute approximate surface area is 131 Å². The molecule has 0 radical (unpaired) electrons. The molecule has 0 spiro atoms. The van der Waals surface area contributed by atoms with Crippen LogP contribution >= 0.6 is 22.9 Å². The van der Waals surface area contributed by atoms with Crippen molar-refractivity contribution in [1.29, 1.82) is 0 Å². The number of halogens is 1. The summed E-state index contributed by atoms with van der Waals surface area (Å²) in [6.07, 6.45) is 0. The lowest BCUT2D eigenvalue weighted by Crippen LogP contribution is -2.00. The number of rotatable bonds is 3. The van der Waals surface area contributed by atoms with Crippen molar-refractivity contribution in [2.45, 2.75) is 6.92 Å². The van der Waals surface area contributed by atoms with Crippen LogP contribution < -0.4 is 0 Å². The van der Waals surface area contributed by atoms with Gasteiger partial charge in [-0.25, -0.2) is 4.98 Å². The molecule has 0 aliphatic rings. The number of hydrogen-bond acceptors (Lipinski definition) is 4. The van der Waals surface area contributed by atoms with Crippen LogP contribution in [0.3, 0.4) is 0 Å². The lowest BCUT2D eigenvalue weighted by molar-refractivity contribution is 0.103. The average molecular weight is 315 g/mol. The third-order valence-corrected chi connectivity index (χ3v) is 4.05. The average Bonchev–Trinajstić information content (AvgIpc) is 2.97. The molecule has 0 atom stereocenters. The molecule has 0 amide bonds. The molecule has 0 fully saturated rings. The molecular weight excluding hydrogens is 304 g/mol. The lowest BCUT2D eigenvalue weighted by Gasteiger charge is -1.98. The van der Waals surface area contributed by atoms with Gasteiger partial charge in [-0.15, -0.1) is 11.3 Å². The van der Waals surface area contributed by atoms with Crippen LogP contribution in [0, 0.1) is 6.92 Å². The molecule has 104 valence electrons. The summed E-state index contributed by atoms with van der Waals surface area (Å²) in [5.74, 6) is -0.101. The monoisotopic (exact) mass is 314 g/mol. The molecule has 3 nitrogen and oxygen atoms in total. The zero-order chi connectivity index (χ0) is 14.8. The van der Waals surface area contributed by atoms with Gasteiger partial charge in [0, 0.05) is 21.7 Å². The van der Waals surface area contributed by atoms with E-state index in [1.807, 2.05) is 30.5 Å². The fourth-order valence-electron chi connectivity index (χ4n) is 1.91. The van der Waals surface area contributed by atoms with E-state index >= 15 is 0 Å². The van der Waals surface area contributed by atoms with E-state index in [1.165, 1.54) is 11.3 Å². The van der Waals surface area contributed by atoms with Gasteiger partial charge in [0.2, 0.25) is 5.78 Å². The van der Waals surface area contributed by atoms with Crippen LogP contribution in [-0.4, -0.2) is 15.8 Å².